The number of aryl methyl sites for hydroxylation is 1. The van der Waals surface area contributed by atoms with Crippen molar-refractivity contribution in [2.24, 2.45) is 7.05 Å². The number of carbonyl (C=O) groups excluding carboxylic acids is 1. The summed E-state index contributed by atoms with van der Waals surface area (Å²) >= 11 is 0. The molecule has 162 valence electrons. The number of ether oxygens (including phenoxy) is 1. The minimum absolute atomic E-state index is 0.0419. The Hall–Kier alpha value is -4.18. The summed E-state index contributed by atoms with van der Waals surface area (Å²) in [4.78, 5) is 32.6. The van der Waals surface area contributed by atoms with Crippen LogP contribution in [0.4, 0.5) is 5.69 Å². The summed E-state index contributed by atoms with van der Waals surface area (Å²) in [5.74, 6) is 0.225. The predicted molar refractivity (Wildman–Crippen MR) is 117 cm³/mol. The number of methoxy groups -OCH3 is 1. The third-order valence-corrected chi connectivity index (χ3v) is 4.60. The Labute approximate surface area is 183 Å². The van der Waals surface area contributed by atoms with Crippen molar-refractivity contribution in [3.8, 4) is 17.1 Å². The van der Waals surface area contributed by atoms with Gasteiger partial charge in [0.25, 0.3) is 0 Å². The molecule has 0 radical (unpaired) electrons. The number of aromatic nitrogens is 6. The fraction of sp³-hybridized carbons (Fsp3) is 0.182. The molecule has 0 atom stereocenters. The van der Waals surface area contributed by atoms with Gasteiger partial charge < -0.3 is 10.1 Å². The number of benzene rings is 1. The molecule has 0 saturated carbocycles. The molecule has 0 spiro atoms. The summed E-state index contributed by atoms with van der Waals surface area (Å²) in [6, 6.07) is 9.10. The molecule has 1 amide bonds. The maximum absolute atomic E-state index is 12.4. The molecule has 3 heterocycles. The second-order valence-corrected chi connectivity index (χ2v) is 7.10. The summed E-state index contributed by atoms with van der Waals surface area (Å²) in [6.45, 7) is -0.0419. The van der Waals surface area contributed by atoms with E-state index in [0.29, 0.717) is 23.6 Å². The van der Waals surface area contributed by atoms with Crippen LogP contribution in [0, 0.1) is 0 Å². The Balaban J connectivity index is 1.54. The summed E-state index contributed by atoms with van der Waals surface area (Å²) in [7, 11) is 3.27. The lowest BCUT2D eigenvalue weighted by Gasteiger charge is -2.07. The first-order valence-electron chi connectivity index (χ1n) is 9.80. The molecule has 1 aromatic carbocycles. The van der Waals surface area contributed by atoms with Crippen molar-refractivity contribution in [2.75, 3.05) is 19.0 Å². The number of nitrogens with zero attached hydrogens (tertiary/aromatic N) is 6. The lowest BCUT2D eigenvalue weighted by Crippen LogP contribution is -2.17. The van der Waals surface area contributed by atoms with Gasteiger partial charge in [0.1, 0.15) is 18.0 Å². The molecular weight excluding hydrogens is 410 g/mol. The second kappa shape index (κ2) is 9.31. The molecule has 0 aliphatic carbocycles. The standard InChI is InChI=1S/C22H21N7O3/c1-28-13-18(12-25-28)29-7-6-20(30)19(27-29)9-15-4-3-5-16(8-15)22-23-10-17(11-24-22)26-21(31)14-32-2/h3-8,10-13H,9,14H2,1-2H3,(H,26,31). The summed E-state index contributed by atoms with van der Waals surface area (Å²) in [6.07, 6.45) is 8.56. The van der Waals surface area contributed by atoms with Crippen molar-refractivity contribution < 1.29 is 9.53 Å². The number of anilines is 1. The number of carbonyl (C=O) groups is 1. The van der Waals surface area contributed by atoms with Crippen molar-refractivity contribution >= 4 is 11.6 Å². The predicted octanol–water partition coefficient (Wildman–Crippen LogP) is 1.60. The first kappa shape index (κ1) is 21.1. The van der Waals surface area contributed by atoms with Gasteiger partial charge in [-0.3, -0.25) is 14.3 Å². The van der Waals surface area contributed by atoms with Gasteiger partial charge >= 0.3 is 0 Å². The minimum atomic E-state index is -0.279. The van der Waals surface area contributed by atoms with Gasteiger partial charge in [-0.2, -0.15) is 10.2 Å². The molecule has 1 N–H and O–H groups in total. The van der Waals surface area contributed by atoms with Crippen molar-refractivity contribution in [3.05, 3.63) is 82.8 Å². The third kappa shape index (κ3) is 4.93. The number of amides is 1. The normalized spacial score (nSPS) is 10.8. The van der Waals surface area contributed by atoms with E-state index in [1.807, 2.05) is 37.5 Å². The zero-order chi connectivity index (χ0) is 22.5. The van der Waals surface area contributed by atoms with E-state index < -0.39 is 0 Å². The Morgan fingerprint density at radius 3 is 2.69 bits per heavy atom. The van der Waals surface area contributed by atoms with Crippen LogP contribution in [0.2, 0.25) is 0 Å². The molecule has 3 aromatic heterocycles. The van der Waals surface area contributed by atoms with Gasteiger partial charge in [0, 0.05) is 38.4 Å². The molecule has 0 aliphatic heterocycles. The van der Waals surface area contributed by atoms with Crippen LogP contribution in [-0.4, -0.2) is 49.2 Å². The maximum atomic E-state index is 12.4. The summed E-state index contributed by atoms with van der Waals surface area (Å²) < 4.78 is 8.09. The van der Waals surface area contributed by atoms with Crippen LogP contribution in [0.5, 0.6) is 0 Å². The van der Waals surface area contributed by atoms with Crippen LogP contribution < -0.4 is 10.7 Å². The molecule has 0 aliphatic rings. The average molecular weight is 431 g/mol. The third-order valence-electron chi connectivity index (χ3n) is 4.60. The van der Waals surface area contributed by atoms with Gasteiger partial charge in [-0.15, -0.1) is 0 Å². The number of hydrogen-bond acceptors (Lipinski definition) is 7. The Morgan fingerprint density at radius 2 is 1.97 bits per heavy atom. The first-order valence-corrected chi connectivity index (χ1v) is 9.80. The maximum Gasteiger partial charge on any atom is 0.250 e. The van der Waals surface area contributed by atoms with E-state index in [1.54, 1.807) is 21.8 Å². The van der Waals surface area contributed by atoms with Gasteiger partial charge in [-0.05, 0) is 11.6 Å². The molecule has 10 nitrogen and oxygen atoms in total. The van der Waals surface area contributed by atoms with Gasteiger partial charge in [0.15, 0.2) is 5.82 Å². The van der Waals surface area contributed by atoms with E-state index in [9.17, 15) is 9.59 Å². The highest BCUT2D eigenvalue weighted by atomic mass is 16.5. The largest absolute Gasteiger partial charge is 0.375 e. The molecule has 10 heteroatoms. The van der Waals surface area contributed by atoms with Gasteiger partial charge in [-0.25, -0.2) is 14.6 Å². The van der Waals surface area contributed by atoms with Crippen molar-refractivity contribution in [3.63, 3.8) is 0 Å². The van der Waals surface area contributed by atoms with Gasteiger partial charge in [-0.1, -0.05) is 18.2 Å². The first-order chi connectivity index (χ1) is 15.5. The lowest BCUT2D eigenvalue weighted by atomic mass is 10.1. The van der Waals surface area contributed by atoms with Gasteiger partial charge in [0.2, 0.25) is 11.3 Å². The Bertz CT molecular complexity index is 1300. The van der Waals surface area contributed by atoms with Crippen LogP contribution in [0.25, 0.3) is 17.1 Å². The van der Waals surface area contributed by atoms with Crippen molar-refractivity contribution in [1.29, 1.82) is 0 Å². The summed E-state index contributed by atoms with van der Waals surface area (Å²) in [5.41, 5.74) is 3.23. The molecule has 4 rings (SSSR count). The number of hydrogen-bond donors (Lipinski definition) is 1. The summed E-state index contributed by atoms with van der Waals surface area (Å²) in [5, 5.41) is 11.3. The molecule has 0 fully saturated rings. The van der Waals surface area contributed by atoms with E-state index in [1.165, 1.54) is 25.6 Å². The monoisotopic (exact) mass is 431 g/mol. The molecular formula is C22H21N7O3. The molecule has 0 saturated heterocycles. The fourth-order valence-corrected chi connectivity index (χ4v) is 3.12. The highest BCUT2D eigenvalue weighted by Gasteiger charge is 2.09. The van der Waals surface area contributed by atoms with E-state index in [0.717, 1.165) is 16.8 Å². The van der Waals surface area contributed by atoms with Crippen molar-refractivity contribution in [1.82, 2.24) is 29.5 Å². The smallest absolute Gasteiger partial charge is 0.250 e. The zero-order valence-corrected chi connectivity index (χ0v) is 17.6. The number of rotatable bonds is 7. The van der Waals surface area contributed by atoms with E-state index >= 15 is 0 Å². The molecule has 4 aromatic rings. The van der Waals surface area contributed by atoms with E-state index in [-0.39, 0.29) is 17.9 Å². The van der Waals surface area contributed by atoms with E-state index in [2.05, 4.69) is 25.5 Å². The minimum Gasteiger partial charge on any atom is -0.375 e. The highest BCUT2D eigenvalue weighted by molar-refractivity contribution is 5.91. The highest BCUT2D eigenvalue weighted by Crippen LogP contribution is 2.18. The van der Waals surface area contributed by atoms with E-state index in [4.69, 9.17) is 4.74 Å². The quantitative estimate of drug-likeness (QED) is 0.472. The fourth-order valence-electron chi connectivity index (χ4n) is 3.12. The lowest BCUT2D eigenvalue weighted by molar-refractivity contribution is -0.119. The van der Waals surface area contributed by atoms with Crippen LogP contribution in [0.3, 0.4) is 0 Å². The second-order valence-electron chi connectivity index (χ2n) is 7.10. The topological polar surface area (TPSA) is 117 Å². The Morgan fingerprint density at radius 1 is 1.16 bits per heavy atom. The average Bonchev–Trinajstić information content (AvgIpc) is 3.22. The van der Waals surface area contributed by atoms with Gasteiger partial charge in [0.05, 0.1) is 30.5 Å². The van der Waals surface area contributed by atoms with Crippen LogP contribution in [0.15, 0.2) is 66.1 Å². The van der Waals surface area contributed by atoms with Crippen LogP contribution >= 0.6 is 0 Å². The van der Waals surface area contributed by atoms with Crippen LogP contribution in [-0.2, 0) is 23.0 Å². The zero-order valence-electron chi connectivity index (χ0n) is 17.6. The molecule has 0 unspecified atom stereocenters. The van der Waals surface area contributed by atoms with Crippen LogP contribution in [0.1, 0.15) is 11.3 Å². The Kier molecular flexibility index (Phi) is 6.13. The molecule has 0 bridgehead atoms. The number of nitrogens with one attached hydrogen (secondary N) is 1. The molecule has 32 heavy (non-hydrogen) atoms. The SMILES string of the molecule is COCC(=O)Nc1cnc(-c2cccc(Cc3nn(-c4cnn(C)c4)ccc3=O)c2)nc1. The van der Waals surface area contributed by atoms with Crippen molar-refractivity contribution in [2.45, 2.75) is 6.42 Å².